The molecule has 2 N–H and O–H groups in total. The molecule has 0 bridgehead atoms. The second-order valence-corrected chi connectivity index (χ2v) is 6.69. The molecule has 0 aliphatic heterocycles. The van der Waals surface area contributed by atoms with Crippen LogP contribution in [0.1, 0.15) is 44.9 Å². The van der Waals surface area contributed by atoms with E-state index in [1.807, 2.05) is 42.5 Å². The Labute approximate surface area is 143 Å². The Morgan fingerprint density at radius 1 is 1.00 bits per heavy atom. The van der Waals surface area contributed by atoms with Crippen LogP contribution in [-0.2, 0) is 4.79 Å². The summed E-state index contributed by atoms with van der Waals surface area (Å²) in [5.74, 6) is 0.788. The van der Waals surface area contributed by atoms with Crippen molar-refractivity contribution in [1.82, 2.24) is 0 Å². The molecule has 1 fully saturated rings. The molecular weight excluding hydrogens is 298 g/mol. The van der Waals surface area contributed by atoms with Crippen molar-refractivity contribution in [1.29, 1.82) is 0 Å². The summed E-state index contributed by atoms with van der Waals surface area (Å²) in [7, 11) is 0. The number of hydrogen-bond donors (Lipinski definition) is 2. The van der Waals surface area contributed by atoms with E-state index in [9.17, 15) is 9.90 Å². The molecule has 0 unspecified atom stereocenters. The molecule has 1 amide bonds. The van der Waals surface area contributed by atoms with E-state index in [4.69, 9.17) is 0 Å². The van der Waals surface area contributed by atoms with Crippen molar-refractivity contribution in [3.8, 4) is 16.9 Å². The van der Waals surface area contributed by atoms with Gasteiger partial charge in [0.05, 0.1) is 5.69 Å². The summed E-state index contributed by atoms with van der Waals surface area (Å²) in [5, 5.41) is 12.9. The minimum atomic E-state index is -0.0129. The predicted molar refractivity (Wildman–Crippen MR) is 98.0 cm³/mol. The normalized spacial score (nSPS) is 15.2. The fourth-order valence-electron chi connectivity index (χ4n) is 3.47. The zero-order chi connectivity index (χ0) is 16.8. The fraction of sp³-hybridized carbons (Fsp3) is 0.381. The van der Waals surface area contributed by atoms with Gasteiger partial charge >= 0.3 is 0 Å². The smallest absolute Gasteiger partial charge is 0.224 e. The first-order valence-electron chi connectivity index (χ1n) is 8.90. The molecule has 0 heterocycles. The monoisotopic (exact) mass is 323 g/mol. The van der Waals surface area contributed by atoms with Gasteiger partial charge in [0, 0.05) is 6.42 Å². The standard InChI is InChI=1S/C21H25NO2/c23-20-13-12-18(17-9-5-2-6-10-17)15-19(20)22-21(24)14-11-16-7-3-1-4-8-16/h2,5-6,9-10,12-13,15-16,23H,1,3-4,7-8,11,14H2,(H,22,24). The Morgan fingerprint density at radius 3 is 2.50 bits per heavy atom. The van der Waals surface area contributed by atoms with Gasteiger partial charge < -0.3 is 10.4 Å². The summed E-state index contributed by atoms with van der Waals surface area (Å²) in [6.45, 7) is 0. The Kier molecular flexibility index (Phi) is 5.52. The first-order valence-corrected chi connectivity index (χ1v) is 8.90. The molecule has 2 aromatic rings. The summed E-state index contributed by atoms with van der Waals surface area (Å²) < 4.78 is 0. The minimum Gasteiger partial charge on any atom is -0.506 e. The maximum atomic E-state index is 12.2. The van der Waals surface area contributed by atoms with Gasteiger partial charge in [0.1, 0.15) is 5.75 Å². The second kappa shape index (κ2) is 8.00. The van der Waals surface area contributed by atoms with Gasteiger partial charge in [-0.05, 0) is 35.6 Å². The Bertz CT molecular complexity index is 675. The van der Waals surface area contributed by atoms with Gasteiger partial charge in [0.2, 0.25) is 5.91 Å². The van der Waals surface area contributed by atoms with Gasteiger partial charge in [-0.2, -0.15) is 0 Å². The van der Waals surface area contributed by atoms with Crippen molar-refractivity contribution >= 4 is 11.6 Å². The van der Waals surface area contributed by atoms with Gasteiger partial charge in [0.25, 0.3) is 0 Å². The Balaban J connectivity index is 1.62. The minimum absolute atomic E-state index is 0.0129. The van der Waals surface area contributed by atoms with E-state index < -0.39 is 0 Å². The molecule has 0 saturated heterocycles. The number of phenolic OH excluding ortho intramolecular Hbond substituents is 1. The van der Waals surface area contributed by atoms with Crippen LogP contribution >= 0.6 is 0 Å². The lowest BCUT2D eigenvalue weighted by atomic mass is 9.86. The Hall–Kier alpha value is -2.29. The first-order chi connectivity index (χ1) is 11.7. The van der Waals surface area contributed by atoms with E-state index in [1.54, 1.807) is 6.07 Å². The van der Waals surface area contributed by atoms with Crippen molar-refractivity contribution in [2.24, 2.45) is 5.92 Å². The van der Waals surface area contributed by atoms with E-state index in [2.05, 4.69) is 5.32 Å². The van der Waals surface area contributed by atoms with Crippen molar-refractivity contribution in [2.45, 2.75) is 44.9 Å². The highest BCUT2D eigenvalue weighted by Gasteiger charge is 2.15. The number of rotatable bonds is 5. The molecule has 3 rings (SSSR count). The molecule has 1 aliphatic rings. The summed E-state index contributed by atoms with van der Waals surface area (Å²) in [6.07, 6.45) is 7.91. The van der Waals surface area contributed by atoms with Crippen molar-refractivity contribution in [3.05, 3.63) is 48.5 Å². The van der Waals surface area contributed by atoms with E-state index in [-0.39, 0.29) is 11.7 Å². The number of aromatic hydroxyl groups is 1. The van der Waals surface area contributed by atoms with Gasteiger partial charge in [-0.15, -0.1) is 0 Å². The highest BCUT2D eigenvalue weighted by molar-refractivity contribution is 5.93. The zero-order valence-corrected chi connectivity index (χ0v) is 14.0. The number of amides is 1. The maximum absolute atomic E-state index is 12.2. The average Bonchev–Trinajstić information content (AvgIpc) is 2.63. The van der Waals surface area contributed by atoms with Gasteiger partial charge in [0.15, 0.2) is 0 Å². The molecule has 0 aromatic heterocycles. The molecule has 126 valence electrons. The number of phenols is 1. The van der Waals surface area contributed by atoms with Crippen LogP contribution in [0.25, 0.3) is 11.1 Å². The average molecular weight is 323 g/mol. The van der Waals surface area contributed by atoms with Crippen molar-refractivity contribution < 1.29 is 9.90 Å². The lowest BCUT2D eigenvalue weighted by molar-refractivity contribution is -0.116. The third kappa shape index (κ3) is 4.38. The number of carbonyl (C=O) groups is 1. The van der Waals surface area contributed by atoms with Crippen LogP contribution in [0.5, 0.6) is 5.75 Å². The SMILES string of the molecule is O=C(CCC1CCCCC1)Nc1cc(-c2ccccc2)ccc1O. The predicted octanol–water partition coefficient (Wildman–Crippen LogP) is 5.36. The first kappa shape index (κ1) is 16.6. The molecule has 0 atom stereocenters. The summed E-state index contributed by atoms with van der Waals surface area (Å²) in [4.78, 5) is 12.2. The fourth-order valence-corrected chi connectivity index (χ4v) is 3.47. The summed E-state index contributed by atoms with van der Waals surface area (Å²) in [5.41, 5.74) is 2.54. The number of hydrogen-bond acceptors (Lipinski definition) is 2. The summed E-state index contributed by atoms with van der Waals surface area (Å²) >= 11 is 0. The second-order valence-electron chi connectivity index (χ2n) is 6.69. The zero-order valence-electron chi connectivity index (χ0n) is 14.0. The molecule has 2 aromatic carbocycles. The van der Waals surface area contributed by atoms with Crippen LogP contribution in [-0.4, -0.2) is 11.0 Å². The molecule has 0 spiro atoms. The van der Waals surface area contributed by atoms with Crippen LogP contribution in [0, 0.1) is 5.92 Å². The number of nitrogens with one attached hydrogen (secondary N) is 1. The van der Waals surface area contributed by atoms with E-state index >= 15 is 0 Å². The molecule has 0 radical (unpaired) electrons. The molecule has 1 aliphatic carbocycles. The lowest BCUT2D eigenvalue weighted by Gasteiger charge is -2.21. The highest BCUT2D eigenvalue weighted by atomic mass is 16.3. The van der Waals surface area contributed by atoms with Crippen LogP contribution < -0.4 is 5.32 Å². The van der Waals surface area contributed by atoms with E-state index in [0.29, 0.717) is 18.0 Å². The quantitative estimate of drug-likeness (QED) is 0.728. The molecular formula is C21H25NO2. The summed E-state index contributed by atoms with van der Waals surface area (Å²) in [6, 6.07) is 15.3. The van der Waals surface area contributed by atoms with Gasteiger partial charge in [-0.25, -0.2) is 0 Å². The van der Waals surface area contributed by atoms with Crippen LogP contribution in [0.4, 0.5) is 5.69 Å². The molecule has 24 heavy (non-hydrogen) atoms. The lowest BCUT2D eigenvalue weighted by Crippen LogP contribution is -2.15. The van der Waals surface area contributed by atoms with Crippen LogP contribution in [0.3, 0.4) is 0 Å². The van der Waals surface area contributed by atoms with Crippen LogP contribution in [0.15, 0.2) is 48.5 Å². The van der Waals surface area contributed by atoms with E-state index in [0.717, 1.165) is 17.5 Å². The van der Waals surface area contributed by atoms with E-state index in [1.165, 1.54) is 32.1 Å². The van der Waals surface area contributed by atoms with Crippen LogP contribution in [0.2, 0.25) is 0 Å². The van der Waals surface area contributed by atoms with Gasteiger partial charge in [-0.3, -0.25) is 4.79 Å². The number of anilines is 1. The molecule has 3 nitrogen and oxygen atoms in total. The molecule has 1 saturated carbocycles. The van der Waals surface area contributed by atoms with Crippen molar-refractivity contribution in [3.63, 3.8) is 0 Å². The van der Waals surface area contributed by atoms with Gasteiger partial charge in [-0.1, -0.05) is 68.5 Å². The third-order valence-corrected chi connectivity index (χ3v) is 4.88. The largest absolute Gasteiger partial charge is 0.506 e. The maximum Gasteiger partial charge on any atom is 0.224 e. The molecule has 3 heteroatoms. The Morgan fingerprint density at radius 2 is 1.75 bits per heavy atom. The van der Waals surface area contributed by atoms with Crippen molar-refractivity contribution in [2.75, 3.05) is 5.32 Å². The number of benzene rings is 2. The topological polar surface area (TPSA) is 49.3 Å². The third-order valence-electron chi connectivity index (χ3n) is 4.88. The highest BCUT2D eigenvalue weighted by Crippen LogP contribution is 2.31. The number of carbonyl (C=O) groups excluding carboxylic acids is 1.